The minimum atomic E-state index is -1.29. The van der Waals surface area contributed by atoms with Crippen LogP contribution in [0.5, 0.6) is 5.75 Å². The van der Waals surface area contributed by atoms with E-state index in [0.717, 1.165) is 0 Å². The number of hydrogen-bond acceptors (Lipinski definition) is 8. The maximum atomic E-state index is 11.2. The summed E-state index contributed by atoms with van der Waals surface area (Å²) in [5, 5.41) is 50.5. The molecule has 2 rings (SSSR count). The van der Waals surface area contributed by atoms with E-state index < -0.39 is 36.4 Å². The molecular weight excluding hydrogens is 284 g/mol. The monoisotopic (exact) mass is 302 g/mol. The summed E-state index contributed by atoms with van der Waals surface area (Å²) in [7, 11) is 1.42. The summed E-state index contributed by atoms with van der Waals surface area (Å²) in [6, 6.07) is 4.35. The molecule has 0 bridgehead atoms. The molecule has 1 aliphatic rings. The van der Waals surface area contributed by atoms with Crippen molar-refractivity contribution in [1.29, 1.82) is 0 Å². The summed E-state index contributed by atoms with van der Waals surface area (Å²) in [6.07, 6.45) is -4.49. The number of quaternary nitrogens is 1. The van der Waals surface area contributed by atoms with Gasteiger partial charge in [-0.05, 0) is 12.1 Å². The molecule has 0 amide bonds. The van der Waals surface area contributed by atoms with Crippen LogP contribution in [0, 0.1) is 5.21 Å². The molecule has 0 spiro atoms. The minimum absolute atomic E-state index is 0.0629. The number of methoxy groups -OCH3 is 1. The molecule has 1 saturated heterocycles. The molecule has 0 radical (unpaired) electrons. The second-order valence-corrected chi connectivity index (χ2v) is 4.62. The first-order chi connectivity index (χ1) is 9.97. The molecule has 1 aromatic carbocycles. The molecule has 9 nitrogen and oxygen atoms in total. The zero-order valence-electron chi connectivity index (χ0n) is 11.3. The molecule has 6 N–H and O–H groups in total. The van der Waals surface area contributed by atoms with Gasteiger partial charge in [0, 0.05) is 6.07 Å². The van der Waals surface area contributed by atoms with Crippen LogP contribution in [0.1, 0.15) is 0 Å². The van der Waals surface area contributed by atoms with Crippen molar-refractivity contribution in [1.82, 2.24) is 0 Å². The van der Waals surface area contributed by atoms with E-state index in [2.05, 4.69) is 5.32 Å². The van der Waals surface area contributed by atoms with Gasteiger partial charge in [0.05, 0.1) is 13.7 Å². The standard InChI is InChI=1S/C12H18N2O7/c1-20-6-2-3-7(8(4-6)14(18)19)13-12-11(17)10(16)9(5-15)21-12/h2-4,9-18H,5H2,1H3/t9-,10-,11+,12-/m1/s1. The van der Waals surface area contributed by atoms with Crippen molar-refractivity contribution in [2.75, 3.05) is 19.0 Å². The van der Waals surface area contributed by atoms with E-state index in [-0.39, 0.29) is 11.4 Å². The number of hydrogen-bond donors (Lipinski definition) is 6. The normalized spacial score (nSPS) is 30.2. The van der Waals surface area contributed by atoms with Gasteiger partial charge in [-0.15, -0.1) is 0 Å². The van der Waals surface area contributed by atoms with Crippen molar-refractivity contribution in [2.24, 2.45) is 0 Å². The number of nitrogens with one attached hydrogen (secondary N) is 2. The number of aliphatic hydroxyl groups excluding tert-OH is 3. The van der Waals surface area contributed by atoms with Crippen molar-refractivity contribution >= 4 is 11.4 Å². The van der Waals surface area contributed by atoms with Crippen LogP contribution >= 0.6 is 0 Å². The van der Waals surface area contributed by atoms with Gasteiger partial charge in [0.15, 0.2) is 11.9 Å². The lowest BCUT2D eigenvalue weighted by atomic mass is 10.1. The molecule has 9 heteroatoms. The Bertz CT molecular complexity index is 485. The molecule has 21 heavy (non-hydrogen) atoms. The van der Waals surface area contributed by atoms with E-state index in [1.54, 1.807) is 6.07 Å². The fraction of sp³-hybridized carbons (Fsp3) is 0.500. The summed E-state index contributed by atoms with van der Waals surface area (Å²) in [5.41, 5.74) is 0.144. The third-order valence-corrected chi connectivity index (χ3v) is 3.30. The molecule has 0 aromatic heterocycles. The predicted octanol–water partition coefficient (Wildman–Crippen LogP) is -2.05. The van der Waals surface area contributed by atoms with Crippen molar-refractivity contribution in [2.45, 2.75) is 24.5 Å². The SMILES string of the molecule is COc1ccc(N[C@@H]2O[C@H](CO)[C@@H](O)[C@@H]2O)c([NH+]([O-])O)c1. The first kappa shape index (κ1) is 15.9. The van der Waals surface area contributed by atoms with Gasteiger partial charge in [-0.1, -0.05) is 0 Å². The largest absolute Gasteiger partial charge is 0.595 e. The first-order valence-electron chi connectivity index (χ1n) is 6.28. The number of anilines is 1. The minimum Gasteiger partial charge on any atom is -0.595 e. The van der Waals surface area contributed by atoms with Crippen molar-refractivity contribution in [3.63, 3.8) is 0 Å². The Morgan fingerprint density at radius 2 is 2.10 bits per heavy atom. The van der Waals surface area contributed by atoms with E-state index in [1.807, 2.05) is 0 Å². The van der Waals surface area contributed by atoms with Gasteiger partial charge in [-0.3, -0.25) is 0 Å². The molecule has 1 heterocycles. The molecule has 1 aliphatic heterocycles. The lowest BCUT2D eigenvalue weighted by molar-refractivity contribution is -0.990. The predicted molar refractivity (Wildman–Crippen MR) is 70.2 cm³/mol. The maximum absolute atomic E-state index is 11.2. The fourth-order valence-electron chi connectivity index (χ4n) is 2.13. The lowest BCUT2D eigenvalue weighted by Crippen LogP contribution is -2.99. The van der Waals surface area contributed by atoms with Crippen LogP contribution < -0.4 is 15.3 Å². The number of benzene rings is 1. The molecule has 1 fully saturated rings. The Kier molecular flexibility index (Phi) is 4.96. The number of rotatable bonds is 5. The highest BCUT2D eigenvalue weighted by Crippen LogP contribution is 2.28. The van der Waals surface area contributed by atoms with Crippen LogP contribution in [-0.4, -0.2) is 58.8 Å². The average Bonchev–Trinajstić information content (AvgIpc) is 2.75. The number of aliphatic hydroxyl groups is 3. The fourth-order valence-corrected chi connectivity index (χ4v) is 2.13. The first-order valence-corrected chi connectivity index (χ1v) is 6.28. The van der Waals surface area contributed by atoms with E-state index in [9.17, 15) is 20.6 Å². The van der Waals surface area contributed by atoms with Crippen molar-refractivity contribution in [3.8, 4) is 5.75 Å². The van der Waals surface area contributed by atoms with Crippen LogP contribution in [0.4, 0.5) is 11.4 Å². The summed E-state index contributed by atoms with van der Waals surface area (Å²) in [4.78, 5) is 0. The van der Waals surface area contributed by atoms with E-state index in [1.165, 1.54) is 19.2 Å². The van der Waals surface area contributed by atoms with Gasteiger partial charge in [0.1, 0.15) is 29.7 Å². The molecule has 5 atom stereocenters. The molecule has 118 valence electrons. The Balaban J connectivity index is 2.20. The van der Waals surface area contributed by atoms with E-state index in [0.29, 0.717) is 5.75 Å². The van der Waals surface area contributed by atoms with Crippen molar-refractivity contribution in [3.05, 3.63) is 23.4 Å². The molecule has 0 saturated carbocycles. The van der Waals surface area contributed by atoms with Gasteiger partial charge in [0.2, 0.25) is 0 Å². The topological polar surface area (TPSA) is 139 Å². The molecule has 1 aromatic rings. The molecular formula is C12H18N2O7. The van der Waals surface area contributed by atoms with Gasteiger partial charge < -0.3 is 35.3 Å². The third-order valence-electron chi connectivity index (χ3n) is 3.30. The summed E-state index contributed by atoms with van der Waals surface area (Å²) in [5.74, 6) is 0.374. The summed E-state index contributed by atoms with van der Waals surface area (Å²) >= 11 is 0. The highest BCUT2D eigenvalue weighted by atomic mass is 16.8. The Morgan fingerprint density at radius 1 is 1.38 bits per heavy atom. The molecule has 1 unspecified atom stereocenters. The van der Waals surface area contributed by atoms with Crippen LogP contribution in [0.3, 0.4) is 0 Å². The number of ether oxygens (including phenoxy) is 2. The van der Waals surface area contributed by atoms with Crippen LogP contribution in [-0.2, 0) is 4.74 Å². The highest BCUT2D eigenvalue weighted by molar-refractivity contribution is 5.64. The Labute approximate surface area is 120 Å². The van der Waals surface area contributed by atoms with Crippen LogP contribution in [0.2, 0.25) is 0 Å². The zero-order chi connectivity index (χ0) is 15.6. The van der Waals surface area contributed by atoms with Crippen molar-refractivity contribution < 1.29 is 35.2 Å². The quantitative estimate of drug-likeness (QED) is 0.342. The average molecular weight is 302 g/mol. The second kappa shape index (κ2) is 6.54. The molecule has 0 aliphatic carbocycles. The second-order valence-electron chi connectivity index (χ2n) is 4.62. The van der Waals surface area contributed by atoms with E-state index >= 15 is 0 Å². The summed E-state index contributed by atoms with van der Waals surface area (Å²) in [6.45, 7) is -0.454. The van der Waals surface area contributed by atoms with Crippen LogP contribution in [0.15, 0.2) is 18.2 Å². The third kappa shape index (κ3) is 3.24. The van der Waals surface area contributed by atoms with Crippen LogP contribution in [0.25, 0.3) is 0 Å². The van der Waals surface area contributed by atoms with Gasteiger partial charge in [-0.25, -0.2) is 5.21 Å². The Hall–Kier alpha value is -1.46. The van der Waals surface area contributed by atoms with Gasteiger partial charge in [0.25, 0.3) is 0 Å². The summed E-state index contributed by atoms with van der Waals surface area (Å²) < 4.78 is 10.2. The maximum Gasteiger partial charge on any atom is 0.190 e. The lowest BCUT2D eigenvalue weighted by Gasteiger charge is -2.22. The van der Waals surface area contributed by atoms with Gasteiger partial charge in [-0.2, -0.15) is 5.23 Å². The van der Waals surface area contributed by atoms with Gasteiger partial charge >= 0.3 is 0 Å². The zero-order valence-corrected chi connectivity index (χ0v) is 11.3. The smallest absolute Gasteiger partial charge is 0.190 e. The Morgan fingerprint density at radius 3 is 2.62 bits per heavy atom. The van der Waals surface area contributed by atoms with E-state index in [4.69, 9.17) is 14.6 Å². The highest BCUT2D eigenvalue weighted by Gasteiger charge is 2.42.